The molecule has 1 aromatic rings. The Kier molecular flexibility index (Phi) is 6.79. The summed E-state index contributed by atoms with van der Waals surface area (Å²) in [5, 5.41) is 14.0. The van der Waals surface area contributed by atoms with Crippen LogP contribution in [0.15, 0.2) is 24.3 Å². The Morgan fingerprint density at radius 1 is 1.36 bits per heavy atom. The van der Waals surface area contributed by atoms with Crippen molar-refractivity contribution in [2.75, 3.05) is 0 Å². The van der Waals surface area contributed by atoms with Gasteiger partial charge in [0.1, 0.15) is 11.6 Å². The topological polar surface area (TPSA) is 49.7 Å². The average molecular weight is 199 g/mol. The van der Waals surface area contributed by atoms with Gasteiger partial charge in [0.2, 0.25) is 0 Å². The van der Waals surface area contributed by atoms with E-state index in [0.29, 0.717) is 5.75 Å². The molecule has 2 N–H and O–H groups in total. The Hall–Kier alpha value is -1.07. The van der Waals surface area contributed by atoms with E-state index < -0.39 is 0 Å². The zero-order valence-electron chi connectivity index (χ0n) is 8.14. The van der Waals surface area contributed by atoms with Gasteiger partial charge in [0, 0.05) is 6.07 Å². The van der Waals surface area contributed by atoms with E-state index in [2.05, 4.69) is 0 Å². The summed E-state index contributed by atoms with van der Waals surface area (Å²) in [5.74, 6) is 0.322. The number of rotatable bonds is 2. The molecule has 0 aliphatic heterocycles. The highest BCUT2D eigenvalue weighted by atomic mass is 19.1. The molecule has 0 saturated heterocycles. The molecule has 0 bridgehead atoms. The highest BCUT2D eigenvalue weighted by molar-refractivity contribution is 6.13. The Labute approximate surface area is 83.5 Å². The minimum absolute atomic E-state index is 0. The van der Waals surface area contributed by atoms with E-state index >= 15 is 0 Å². The van der Waals surface area contributed by atoms with Gasteiger partial charge in [0.15, 0.2) is 0 Å². The predicted molar refractivity (Wildman–Crippen MR) is 52.4 cm³/mol. The van der Waals surface area contributed by atoms with Crippen LogP contribution in [0, 0.1) is 5.82 Å². The highest BCUT2D eigenvalue weighted by Gasteiger charge is 1.97. The van der Waals surface area contributed by atoms with Crippen LogP contribution >= 0.6 is 0 Å². The van der Waals surface area contributed by atoms with Crippen LogP contribution in [-0.4, -0.2) is 23.8 Å². The van der Waals surface area contributed by atoms with Crippen LogP contribution < -0.4 is 4.74 Å². The fourth-order valence-electron chi connectivity index (χ4n) is 0.812. The van der Waals surface area contributed by atoms with Crippen LogP contribution in [0.5, 0.6) is 5.75 Å². The molecule has 5 heteroatoms. The van der Waals surface area contributed by atoms with Crippen molar-refractivity contribution in [3.8, 4) is 5.75 Å². The molecule has 77 valence electrons. The van der Waals surface area contributed by atoms with Crippen LogP contribution in [0.3, 0.4) is 0 Å². The first-order valence-corrected chi connectivity index (χ1v) is 4.12. The molecule has 0 aliphatic carbocycles. The zero-order chi connectivity index (χ0) is 11.0. The maximum absolute atomic E-state index is 12.5. The van der Waals surface area contributed by atoms with Crippen LogP contribution in [0.25, 0.3) is 0 Å². The lowest BCUT2D eigenvalue weighted by Gasteiger charge is -2.08. The monoisotopic (exact) mass is 199 g/mol. The summed E-state index contributed by atoms with van der Waals surface area (Å²) in [7, 11) is 0. The molecule has 3 nitrogen and oxygen atoms in total. The van der Waals surface area contributed by atoms with E-state index in [4.69, 9.17) is 14.8 Å². The molecule has 14 heavy (non-hydrogen) atoms. The van der Waals surface area contributed by atoms with Crippen molar-refractivity contribution in [1.29, 1.82) is 0 Å². The molecular weight excluding hydrogens is 186 g/mol. The molecule has 0 heterocycles. The molecular formula is C9H13BFO3. The molecule has 0 aromatic heterocycles. The minimum Gasteiger partial charge on any atom is -0.491 e. The van der Waals surface area contributed by atoms with Gasteiger partial charge >= 0.3 is 7.69 Å². The molecule has 0 aliphatic rings. The Morgan fingerprint density at radius 3 is 2.36 bits per heavy atom. The third-order valence-electron chi connectivity index (χ3n) is 1.17. The summed E-state index contributed by atoms with van der Waals surface area (Å²) in [4.78, 5) is 0. The van der Waals surface area contributed by atoms with Crippen molar-refractivity contribution in [2.24, 2.45) is 0 Å². The van der Waals surface area contributed by atoms with E-state index in [1.165, 1.54) is 12.1 Å². The second-order valence-corrected chi connectivity index (χ2v) is 2.74. The highest BCUT2D eigenvalue weighted by Crippen LogP contribution is 2.13. The summed E-state index contributed by atoms with van der Waals surface area (Å²) in [6.45, 7) is 3.82. The third kappa shape index (κ3) is 6.45. The van der Waals surface area contributed by atoms with Gasteiger partial charge in [0.25, 0.3) is 0 Å². The van der Waals surface area contributed by atoms with E-state index in [9.17, 15) is 4.39 Å². The lowest BCUT2D eigenvalue weighted by Crippen LogP contribution is -2.05. The van der Waals surface area contributed by atoms with Crippen LogP contribution in [0.2, 0.25) is 0 Å². The van der Waals surface area contributed by atoms with Gasteiger partial charge in [-0.2, -0.15) is 0 Å². The molecule has 1 radical (unpaired) electrons. The second-order valence-electron chi connectivity index (χ2n) is 2.74. The van der Waals surface area contributed by atoms with Crippen molar-refractivity contribution in [3.63, 3.8) is 0 Å². The number of hydrogen-bond acceptors (Lipinski definition) is 3. The first-order chi connectivity index (χ1) is 6.60. The first kappa shape index (κ1) is 12.9. The van der Waals surface area contributed by atoms with Gasteiger partial charge in [-0.1, -0.05) is 6.07 Å². The Morgan fingerprint density at radius 2 is 1.93 bits per heavy atom. The molecule has 0 atom stereocenters. The summed E-state index contributed by atoms with van der Waals surface area (Å²) in [6, 6.07) is 6.14. The summed E-state index contributed by atoms with van der Waals surface area (Å²) >= 11 is 0. The smallest absolute Gasteiger partial charge is 0.482 e. The summed E-state index contributed by atoms with van der Waals surface area (Å²) in [6.07, 6.45) is 0.0943. The van der Waals surface area contributed by atoms with E-state index in [1.54, 1.807) is 12.1 Å². The van der Waals surface area contributed by atoms with Gasteiger partial charge in [-0.15, -0.1) is 0 Å². The average Bonchev–Trinajstić information content (AvgIpc) is 2.03. The minimum atomic E-state index is -0.261. The second kappa shape index (κ2) is 7.35. The van der Waals surface area contributed by atoms with Crippen molar-refractivity contribution in [1.82, 2.24) is 0 Å². The lowest BCUT2D eigenvalue weighted by molar-refractivity contribution is 0.241. The van der Waals surface area contributed by atoms with Gasteiger partial charge in [-0.05, 0) is 26.0 Å². The standard InChI is InChI=1S/C9H11FO.BH2O2/c1-7(2)11-9-5-3-4-8(10)6-9;2-1-3/h3-7H,1-2H3;2-3H. The van der Waals surface area contributed by atoms with Crippen LogP contribution in [-0.2, 0) is 0 Å². The van der Waals surface area contributed by atoms with E-state index in [1.807, 2.05) is 13.8 Å². The lowest BCUT2D eigenvalue weighted by atomic mass is 10.3. The number of ether oxygens (including phenoxy) is 1. The number of hydrogen-bond donors (Lipinski definition) is 2. The fraction of sp³-hybridized carbons (Fsp3) is 0.333. The van der Waals surface area contributed by atoms with Crippen molar-refractivity contribution < 1.29 is 19.2 Å². The van der Waals surface area contributed by atoms with Crippen molar-refractivity contribution >= 4 is 7.69 Å². The quantitative estimate of drug-likeness (QED) is 0.701. The molecule has 1 rings (SSSR count). The third-order valence-corrected chi connectivity index (χ3v) is 1.17. The Bertz CT molecular complexity index is 256. The largest absolute Gasteiger partial charge is 0.491 e. The molecule has 0 saturated carbocycles. The van der Waals surface area contributed by atoms with Crippen LogP contribution in [0.4, 0.5) is 4.39 Å². The SMILES string of the molecule is CC(C)Oc1cccc(F)c1.O[B]O. The maximum atomic E-state index is 12.5. The van der Waals surface area contributed by atoms with Gasteiger partial charge in [-0.3, -0.25) is 0 Å². The van der Waals surface area contributed by atoms with Crippen LogP contribution in [0.1, 0.15) is 13.8 Å². The zero-order valence-corrected chi connectivity index (χ0v) is 8.14. The van der Waals surface area contributed by atoms with Crippen molar-refractivity contribution in [3.05, 3.63) is 30.1 Å². The molecule has 0 unspecified atom stereocenters. The predicted octanol–water partition coefficient (Wildman–Crippen LogP) is 1.12. The fourth-order valence-corrected chi connectivity index (χ4v) is 0.812. The molecule has 1 aromatic carbocycles. The number of benzene rings is 1. The van der Waals surface area contributed by atoms with Gasteiger partial charge in [0.05, 0.1) is 6.10 Å². The maximum Gasteiger partial charge on any atom is 0.482 e. The van der Waals surface area contributed by atoms with Crippen molar-refractivity contribution in [2.45, 2.75) is 20.0 Å². The van der Waals surface area contributed by atoms with Gasteiger partial charge in [-0.25, -0.2) is 4.39 Å². The first-order valence-electron chi connectivity index (χ1n) is 4.12. The Balaban J connectivity index is 0.000000500. The molecule has 0 fully saturated rings. The number of halogens is 1. The van der Waals surface area contributed by atoms with Gasteiger partial charge < -0.3 is 14.8 Å². The van der Waals surface area contributed by atoms with E-state index in [-0.39, 0.29) is 19.6 Å². The molecule has 0 spiro atoms. The molecule has 0 amide bonds. The summed E-state index contributed by atoms with van der Waals surface area (Å²) < 4.78 is 17.8. The normalized spacial score (nSPS) is 9.00. The summed E-state index contributed by atoms with van der Waals surface area (Å²) in [5.41, 5.74) is 0. The van der Waals surface area contributed by atoms with E-state index in [0.717, 1.165) is 0 Å².